The Bertz CT molecular complexity index is 132. The Morgan fingerprint density at radius 2 is 2.40 bits per heavy atom. The highest BCUT2D eigenvalue weighted by Gasteiger charge is 2.08. The zero-order chi connectivity index (χ0) is 7.98. The van der Waals surface area contributed by atoms with Crippen molar-refractivity contribution in [1.29, 1.82) is 0 Å². The molecule has 0 fully saturated rings. The Kier molecular flexibility index (Phi) is 4.58. The molecule has 10 heavy (non-hydrogen) atoms. The summed E-state index contributed by atoms with van der Waals surface area (Å²) in [5.74, 6) is -0.374. The van der Waals surface area contributed by atoms with Crippen molar-refractivity contribution in [3.63, 3.8) is 0 Å². The molecule has 1 atom stereocenters. The van der Waals surface area contributed by atoms with Crippen LogP contribution < -0.4 is 5.73 Å². The maximum absolute atomic E-state index is 10.7. The number of carbonyl (C=O) groups is 1. The molecule has 1 unspecified atom stereocenters. The van der Waals surface area contributed by atoms with Gasteiger partial charge in [-0.25, -0.2) is 0 Å². The largest absolute Gasteiger partial charge is 0.465 e. The van der Waals surface area contributed by atoms with Gasteiger partial charge < -0.3 is 10.5 Å². The van der Waals surface area contributed by atoms with E-state index in [1.807, 2.05) is 0 Å². The molecule has 0 aliphatic carbocycles. The van der Waals surface area contributed by atoms with E-state index in [0.717, 1.165) is 0 Å². The van der Waals surface area contributed by atoms with Gasteiger partial charge in [-0.2, -0.15) is 0 Å². The summed E-state index contributed by atoms with van der Waals surface area (Å²) in [7, 11) is 0. The first-order valence-corrected chi connectivity index (χ1v) is 3.27. The Hall–Kier alpha value is -0.830. The van der Waals surface area contributed by atoms with Crippen LogP contribution in [0, 0.1) is 0 Å². The summed E-state index contributed by atoms with van der Waals surface area (Å²) in [6, 6.07) is -0.607. The normalized spacial score (nSPS) is 13.5. The van der Waals surface area contributed by atoms with Crippen molar-refractivity contribution in [2.24, 2.45) is 5.73 Å². The number of ether oxygens (including phenoxy) is 1. The van der Waals surface area contributed by atoms with Gasteiger partial charge in [0, 0.05) is 0 Å². The van der Waals surface area contributed by atoms with Crippen molar-refractivity contribution in [3.05, 3.63) is 12.2 Å². The van der Waals surface area contributed by atoms with Gasteiger partial charge in [-0.15, -0.1) is 0 Å². The lowest BCUT2D eigenvalue weighted by Crippen LogP contribution is -2.29. The summed E-state index contributed by atoms with van der Waals surface area (Å²) in [5, 5.41) is 0. The molecule has 0 aromatic carbocycles. The summed E-state index contributed by atoms with van der Waals surface area (Å²) in [4.78, 5) is 10.7. The zero-order valence-corrected chi connectivity index (χ0v) is 6.33. The van der Waals surface area contributed by atoms with E-state index in [1.54, 1.807) is 26.0 Å². The summed E-state index contributed by atoms with van der Waals surface area (Å²) in [5.41, 5.74) is 5.35. The third kappa shape index (κ3) is 3.25. The van der Waals surface area contributed by atoms with Crippen LogP contribution in [0.15, 0.2) is 12.2 Å². The maximum Gasteiger partial charge on any atom is 0.326 e. The van der Waals surface area contributed by atoms with E-state index in [4.69, 9.17) is 5.73 Å². The molecule has 0 rings (SSSR count). The SMILES string of the molecule is CC=CC(N)C(=O)OCC. The van der Waals surface area contributed by atoms with Crippen molar-refractivity contribution in [1.82, 2.24) is 0 Å². The molecule has 0 aromatic rings. The number of allylic oxidation sites excluding steroid dienone is 1. The second-order valence-corrected chi connectivity index (χ2v) is 1.80. The Balaban J connectivity index is 3.70. The van der Waals surface area contributed by atoms with Gasteiger partial charge in [0.15, 0.2) is 0 Å². The fourth-order valence-corrected chi connectivity index (χ4v) is 0.524. The molecule has 0 aliphatic heterocycles. The lowest BCUT2D eigenvalue weighted by molar-refractivity contribution is -0.143. The quantitative estimate of drug-likeness (QED) is 0.461. The van der Waals surface area contributed by atoms with Crippen LogP contribution in [0.25, 0.3) is 0 Å². The molecule has 3 nitrogen and oxygen atoms in total. The minimum absolute atomic E-state index is 0.374. The highest BCUT2D eigenvalue weighted by atomic mass is 16.5. The minimum atomic E-state index is -0.607. The van der Waals surface area contributed by atoms with Crippen LogP contribution in [0.5, 0.6) is 0 Å². The van der Waals surface area contributed by atoms with Crippen LogP contribution in [0.2, 0.25) is 0 Å². The molecule has 0 saturated heterocycles. The number of carbonyl (C=O) groups excluding carboxylic acids is 1. The van der Waals surface area contributed by atoms with Crippen molar-refractivity contribution in [2.75, 3.05) is 6.61 Å². The number of hydrogen-bond acceptors (Lipinski definition) is 3. The van der Waals surface area contributed by atoms with Crippen LogP contribution in [-0.4, -0.2) is 18.6 Å². The fraction of sp³-hybridized carbons (Fsp3) is 0.571. The lowest BCUT2D eigenvalue weighted by atomic mass is 10.3. The minimum Gasteiger partial charge on any atom is -0.465 e. The van der Waals surface area contributed by atoms with E-state index in [2.05, 4.69) is 4.74 Å². The smallest absolute Gasteiger partial charge is 0.326 e. The van der Waals surface area contributed by atoms with Crippen molar-refractivity contribution >= 4 is 5.97 Å². The fourth-order valence-electron chi connectivity index (χ4n) is 0.524. The van der Waals surface area contributed by atoms with E-state index in [1.165, 1.54) is 0 Å². The number of nitrogens with two attached hydrogens (primary N) is 1. The predicted molar refractivity (Wildman–Crippen MR) is 39.4 cm³/mol. The first-order valence-electron chi connectivity index (χ1n) is 3.27. The Labute approximate surface area is 60.9 Å². The summed E-state index contributed by atoms with van der Waals surface area (Å²) >= 11 is 0. The van der Waals surface area contributed by atoms with Gasteiger partial charge >= 0.3 is 5.97 Å². The Morgan fingerprint density at radius 1 is 1.80 bits per heavy atom. The summed E-state index contributed by atoms with van der Waals surface area (Å²) < 4.78 is 4.64. The number of hydrogen-bond donors (Lipinski definition) is 1. The van der Waals surface area contributed by atoms with Crippen LogP contribution >= 0.6 is 0 Å². The van der Waals surface area contributed by atoms with Crippen molar-refractivity contribution < 1.29 is 9.53 Å². The third-order valence-corrected chi connectivity index (χ3v) is 0.959. The monoisotopic (exact) mass is 143 g/mol. The molecule has 0 bridgehead atoms. The molecular formula is C7H13NO2. The van der Waals surface area contributed by atoms with Gasteiger partial charge in [0.25, 0.3) is 0 Å². The summed E-state index contributed by atoms with van der Waals surface area (Å²) in [6.07, 6.45) is 3.32. The maximum atomic E-state index is 10.7. The number of rotatable bonds is 3. The average Bonchev–Trinajstić information content (AvgIpc) is 1.89. The van der Waals surface area contributed by atoms with Gasteiger partial charge in [0.1, 0.15) is 6.04 Å². The molecule has 0 spiro atoms. The topological polar surface area (TPSA) is 52.3 Å². The van der Waals surface area contributed by atoms with E-state index in [9.17, 15) is 4.79 Å². The van der Waals surface area contributed by atoms with Gasteiger partial charge in [-0.3, -0.25) is 4.79 Å². The molecule has 58 valence electrons. The van der Waals surface area contributed by atoms with E-state index < -0.39 is 6.04 Å². The standard InChI is InChI=1S/C7H13NO2/c1-3-5-6(8)7(9)10-4-2/h3,5-6H,4,8H2,1-2H3. The molecule has 0 aliphatic rings. The summed E-state index contributed by atoms with van der Waals surface area (Å²) in [6.45, 7) is 3.93. The van der Waals surface area contributed by atoms with E-state index >= 15 is 0 Å². The Morgan fingerprint density at radius 3 is 2.80 bits per heavy atom. The second-order valence-electron chi connectivity index (χ2n) is 1.80. The van der Waals surface area contributed by atoms with Gasteiger partial charge in [-0.1, -0.05) is 12.2 Å². The average molecular weight is 143 g/mol. The zero-order valence-electron chi connectivity index (χ0n) is 6.33. The molecule has 0 radical (unpaired) electrons. The van der Waals surface area contributed by atoms with Gasteiger partial charge in [0.05, 0.1) is 6.61 Å². The number of esters is 1. The molecule has 0 heterocycles. The predicted octanol–water partition coefficient (Wildman–Crippen LogP) is 0.453. The second kappa shape index (κ2) is 4.99. The van der Waals surface area contributed by atoms with Gasteiger partial charge in [0.2, 0.25) is 0 Å². The molecule has 0 saturated carbocycles. The van der Waals surface area contributed by atoms with E-state index in [0.29, 0.717) is 6.61 Å². The van der Waals surface area contributed by atoms with Crippen molar-refractivity contribution in [2.45, 2.75) is 19.9 Å². The highest BCUT2D eigenvalue weighted by molar-refractivity contribution is 5.77. The van der Waals surface area contributed by atoms with Crippen LogP contribution in [0.3, 0.4) is 0 Å². The van der Waals surface area contributed by atoms with Crippen molar-refractivity contribution in [3.8, 4) is 0 Å². The van der Waals surface area contributed by atoms with Crippen LogP contribution in [-0.2, 0) is 9.53 Å². The highest BCUT2D eigenvalue weighted by Crippen LogP contribution is 1.86. The molecular weight excluding hydrogens is 130 g/mol. The lowest BCUT2D eigenvalue weighted by Gasteiger charge is -2.04. The third-order valence-electron chi connectivity index (χ3n) is 0.959. The molecule has 0 amide bonds. The first-order chi connectivity index (χ1) is 4.72. The molecule has 3 heteroatoms. The van der Waals surface area contributed by atoms with Crippen LogP contribution in [0.4, 0.5) is 0 Å². The van der Waals surface area contributed by atoms with Crippen LogP contribution in [0.1, 0.15) is 13.8 Å². The van der Waals surface area contributed by atoms with Gasteiger partial charge in [-0.05, 0) is 13.8 Å². The first kappa shape index (κ1) is 9.17. The van der Waals surface area contributed by atoms with E-state index in [-0.39, 0.29) is 5.97 Å². The molecule has 2 N–H and O–H groups in total. The molecule has 0 aromatic heterocycles.